The van der Waals surface area contributed by atoms with Crippen molar-refractivity contribution in [1.82, 2.24) is 0 Å². The van der Waals surface area contributed by atoms with Crippen molar-refractivity contribution in [2.24, 2.45) is 0 Å². The molecule has 4 heteroatoms. The first-order valence-corrected chi connectivity index (χ1v) is 6.38. The first kappa shape index (κ1) is 13.0. The summed E-state index contributed by atoms with van der Waals surface area (Å²) in [5.74, 6) is 0.756. The van der Waals surface area contributed by atoms with Crippen LogP contribution in [0.1, 0.15) is 11.1 Å². The van der Waals surface area contributed by atoms with E-state index in [1.54, 1.807) is 0 Å². The van der Waals surface area contributed by atoms with Crippen LogP contribution in [0.25, 0.3) is 0 Å². The molecule has 0 heterocycles. The Morgan fingerprint density at radius 2 is 1.44 bits per heavy atom. The third-order valence-corrected chi connectivity index (χ3v) is 3.51. The molecule has 94 valence electrons. The second-order valence-corrected chi connectivity index (χ2v) is 4.85. The third kappa shape index (κ3) is 3.53. The molecule has 18 heavy (non-hydrogen) atoms. The molecular formula is C14H11F3S. The van der Waals surface area contributed by atoms with E-state index in [1.165, 1.54) is 23.9 Å². The number of rotatable bonds is 3. The molecule has 0 saturated heterocycles. The number of halogens is 3. The number of alkyl halides is 3. The molecule has 0 fully saturated rings. The average Bonchev–Trinajstić information content (AvgIpc) is 2.37. The summed E-state index contributed by atoms with van der Waals surface area (Å²) in [5.41, 5.74) is 0.550. The van der Waals surface area contributed by atoms with Crippen molar-refractivity contribution < 1.29 is 13.2 Å². The van der Waals surface area contributed by atoms with Crippen molar-refractivity contribution in [2.45, 2.75) is 16.8 Å². The van der Waals surface area contributed by atoms with Crippen molar-refractivity contribution in [2.75, 3.05) is 0 Å². The molecule has 0 radical (unpaired) electrons. The molecule has 2 aromatic carbocycles. The van der Waals surface area contributed by atoms with Gasteiger partial charge in [-0.05, 0) is 29.8 Å². The summed E-state index contributed by atoms with van der Waals surface area (Å²) in [6.45, 7) is 0. The Balaban J connectivity index is 1.99. The Bertz CT molecular complexity index is 489. The predicted molar refractivity (Wildman–Crippen MR) is 67.4 cm³/mol. The smallest absolute Gasteiger partial charge is 0.166 e. The maximum Gasteiger partial charge on any atom is 0.416 e. The highest BCUT2D eigenvalue weighted by Gasteiger charge is 2.29. The molecule has 0 aliphatic heterocycles. The second kappa shape index (κ2) is 5.48. The van der Waals surface area contributed by atoms with Gasteiger partial charge in [-0.1, -0.05) is 30.3 Å². The van der Waals surface area contributed by atoms with E-state index in [4.69, 9.17) is 0 Å². The lowest BCUT2D eigenvalue weighted by Gasteiger charge is -2.07. The van der Waals surface area contributed by atoms with Gasteiger partial charge in [-0.3, -0.25) is 0 Å². The van der Waals surface area contributed by atoms with Crippen molar-refractivity contribution in [1.29, 1.82) is 0 Å². The zero-order valence-electron chi connectivity index (χ0n) is 9.45. The van der Waals surface area contributed by atoms with Gasteiger partial charge in [-0.2, -0.15) is 13.2 Å². The Morgan fingerprint density at radius 1 is 0.833 bits per heavy atom. The van der Waals surface area contributed by atoms with Gasteiger partial charge in [0.05, 0.1) is 5.56 Å². The Morgan fingerprint density at radius 3 is 2.00 bits per heavy atom. The molecular weight excluding hydrogens is 257 g/mol. The minimum Gasteiger partial charge on any atom is -0.166 e. The summed E-state index contributed by atoms with van der Waals surface area (Å²) in [4.78, 5) is 0.840. The summed E-state index contributed by atoms with van der Waals surface area (Å²) in [5, 5.41) is 0. The van der Waals surface area contributed by atoms with Gasteiger partial charge in [0.1, 0.15) is 0 Å². The highest BCUT2D eigenvalue weighted by molar-refractivity contribution is 7.98. The average molecular weight is 268 g/mol. The number of benzene rings is 2. The van der Waals surface area contributed by atoms with E-state index in [2.05, 4.69) is 0 Å². The Hall–Kier alpha value is -1.42. The minimum absolute atomic E-state index is 0.605. The molecule has 0 N–H and O–H groups in total. The molecule has 2 aromatic rings. The van der Waals surface area contributed by atoms with Gasteiger partial charge >= 0.3 is 6.18 Å². The van der Waals surface area contributed by atoms with Gasteiger partial charge in [0.15, 0.2) is 0 Å². The third-order valence-electron chi connectivity index (χ3n) is 2.43. The van der Waals surface area contributed by atoms with Crippen LogP contribution >= 0.6 is 11.8 Å². The Labute approximate surface area is 108 Å². The monoisotopic (exact) mass is 268 g/mol. The predicted octanol–water partition coefficient (Wildman–Crippen LogP) is 5.00. The number of hydrogen-bond donors (Lipinski definition) is 0. The van der Waals surface area contributed by atoms with E-state index in [0.717, 1.165) is 28.3 Å². The summed E-state index contributed by atoms with van der Waals surface area (Å²) in [6, 6.07) is 15.1. The number of thioether (sulfide) groups is 1. The standard InChI is InChI=1S/C14H11F3S/c15-14(16,17)12-6-8-13(9-7-12)18-10-11-4-2-1-3-5-11/h1-9H,10H2. The van der Waals surface area contributed by atoms with E-state index in [1.807, 2.05) is 30.3 Å². The fourth-order valence-electron chi connectivity index (χ4n) is 1.48. The van der Waals surface area contributed by atoms with Gasteiger partial charge in [0.2, 0.25) is 0 Å². The van der Waals surface area contributed by atoms with Crippen molar-refractivity contribution in [3.8, 4) is 0 Å². The molecule has 0 amide bonds. The SMILES string of the molecule is FC(F)(F)c1ccc(SCc2ccccc2)cc1. The van der Waals surface area contributed by atoms with Crippen LogP contribution < -0.4 is 0 Å². The first-order valence-electron chi connectivity index (χ1n) is 5.40. The summed E-state index contributed by atoms with van der Waals surface area (Å²) < 4.78 is 37.1. The molecule has 0 aliphatic carbocycles. The Kier molecular flexibility index (Phi) is 3.97. The van der Waals surface area contributed by atoms with Crippen LogP contribution in [0.4, 0.5) is 13.2 Å². The van der Waals surface area contributed by atoms with Crippen molar-refractivity contribution >= 4 is 11.8 Å². The maximum absolute atomic E-state index is 12.4. The molecule has 0 aliphatic rings. The van der Waals surface area contributed by atoms with Gasteiger partial charge < -0.3 is 0 Å². The number of hydrogen-bond acceptors (Lipinski definition) is 1. The quantitative estimate of drug-likeness (QED) is 0.706. The lowest BCUT2D eigenvalue weighted by Crippen LogP contribution is -2.03. The van der Waals surface area contributed by atoms with Gasteiger partial charge in [0, 0.05) is 10.6 Å². The molecule has 0 saturated carbocycles. The fraction of sp³-hybridized carbons (Fsp3) is 0.143. The van der Waals surface area contributed by atoms with E-state index in [-0.39, 0.29) is 0 Å². The highest BCUT2D eigenvalue weighted by Crippen LogP contribution is 2.31. The lowest BCUT2D eigenvalue weighted by atomic mass is 10.2. The van der Waals surface area contributed by atoms with Gasteiger partial charge in [-0.25, -0.2) is 0 Å². The summed E-state index contributed by atoms with van der Waals surface area (Å²) in [7, 11) is 0. The molecule has 0 nitrogen and oxygen atoms in total. The van der Waals surface area contributed by atoms with E-state index >= 15 is 0 Å². The molecule has 0 bridgehead atoms. The zero-order chi connectivity index (χ0) is 13.0. The zero-order valence-corrected chi connectivity index (χ0v) is 10.3. The van der Waals surface area contributed by atoms with Crippen LogP contribution in [0.3, 0.4) is 0 Å². The largest absolute Gasteiger partial charge is 0.416 e. The molecule has 0 spiro atoms. The van der Waals surface area contributed by atoms with Crippen LogP contribution in [0.2, 0.25) is 0 Å². The molecule has 2 rings (SSSR count). The van der Waals surface area contributed by atoms with Gasteiger partial charge in [-0.15, -0.1) is 11.8 Å². The molecule has 0 atom stereocenters. The van der Waals surface area contributed by atoms with Crippen molar-refractivity contribution in [3.05, 3.63) is 65.7 Å². The van der Waals surface area contributed by atoms with E-state index in [9.17, 15) is 13.2 Å². The summed E-state index contributed by atoms with van der Waals surface area (Å²) in [6.07, 6.45) is -4.26. The maximum atomic E-state index is 12.4. The highest BCUT2D eigenvalue weighted by atomic mass is 32.2. The van der Waals surface area contributed by atoms with Crippen LogP contribution in [-0.4, -0.2) is 0 Å². The minimum atomic E-state index is -4.26. The van der Waals surface area contributed by atoms with Crippen LogP contribution in [0, 0.1) is 0 Å². The van der Waals surface area contributed by atoms with Gasteiger partial charge in [0.25, 0.3) is 0 Å². The lowest BCUT2D eigenvalue weighted by molar-refractivity contribution is -0.137. The second-order valence-electron chi connectivity index (χ2n) is 3.80. The normalized spacial score (nSPS) is 11.5. The van der Waals surface area contributed by atoms with Crippen LogP contribution in [0.15, 0.2) is 59.5 Å². The fourth-order valence-corrected chi connectivity index (χ4v) is 2.34. The van der Waals surface area contributed by atoms with E-state index in [0.29, 0.717) is 0 Å². The summed E-state index contributed by atoms with van der Waals surface area (Å²) >= 11 is 1.53. The molecule has 0 aromatic heterocycles. The molecule has 0 unspecified atom stereocenters. The van der Waals surface area contributed by atoms with Crippen molar-refractivity contribution in [3.63, 3.8) is 0 Å². The first-order chi connectivity index (χ1) is 8.55. The van der Waals surface area contributed by atoms with Crippen LogP contribution in [-0.2, 0) is 11.9 Å². The van der Waals surface area contributed by atoms with Crippen LogP contribution in [0.5, 0.6) is 0 Å². The van der Waals surface area contributed by atoms with E-state index < -0.39 is 11.7 Å². The topological polar surface area (TPSA) is 0 Å².